The molecule has 156 valence electrons. The molecule has 0 spiro atoms. The summed E-state index contributed by atoms with van der Waals surface area (Å²) in [5.41, 5.74) is 0.629. The Balaban J connectivity index is 1.61. The molecule has 2 heterocycles. The standard InChI is InChI=1S/C22H33NO5/c1-15-10-18(26-9-8-25-5)14-19(11-15)27-20-12-16-6-7-17(13-20)23(16)21(24)28-22(2,3)4/h10-11,14,16-17,20H,6-9,12-13H2,1-5H3/t16-,17+,20+. The molecule has 3 atom stereocenters. The Labute approximate surface area is 168 Å². The first-order chi connectivity index (χ1) is 13.2. The number of piperidine rings is 1. The van der Waals surface area contributed by atoms with Gasteiger partial charge in [-0.3, -0.25) is 0 Å². The number of amides is 1. The van der Waals surface area contributed by atoms with Crippen LogP contribution in [0.25, 0.3) is 0 Å². The molecule has 2 aliphatic heterocycles. The van der Waals surface area contributed by atoms with Crippen LogP contribution >= 0.6 is 0 Å². The highest BCUT2D eigenvalue weighted by molar-refractivity contribution is 5.69. The van der Waals surface area contributed by atoms with Gasteiger partial charge in [-0.15, -0.1) is 0 Å². The number of nitrogens with zero attached hydrogens (tertiary/aromatic N) is 1. The van der Waals surface area contributed by atoms with E-state index >= 15 is 0 Å². The van der Waals surface area contributed by atoms with Crippen molar-refractivity contribution in [3.05, 3.63) is 23.8 Å². The second kappa shape index (κ2) is 8.60. The Morgan fingerprint density at radius 2 is 1.71 bits per heavy atom. The van der Waals surface area contributed by atoms with E-state index in [0.29, 0.717) is 13.2 Å². The van der Waals surface area contributed by atoms with Crippen LogP contribution in [-0.2, 0) is 9.47 Å². The molecule has 2 saturated heterocycles. The third kappa shape index (κ3) is 5.31. The lowest BCUT2D eigenvalue weighted by Crippen LogP contribution is -2.50. The maximum atomic E-state index is 12.6. The predicted molar refractivity (Wildman–Crippen MR) is 107 cm³/mol. The largest absolute Gasteiger partial charge is 0.491 e. The number of aryl methyl sites for hydroxylation is 1. The lowest BCUT2D eigenvalue weighted by Gasteiger charge is -2.39. The monoisotopic (exact) mass is 391 g/mol. The molecule has 1 aromatic rings. The maximum Gasteiger partial charge on any atom is 0.410 e. The van der Waals surface area contributed by atoms with Crippen molar-refractivity contribution in [2.75, 3.05) is 20.3 Å². The fourth-order valence-electron chi connectivity index (χ4n) is 4.14. The minimum Gasteiger partial charge on any atom is -0.491 e. The van der Waals surface area contributed by atoms with E-state index in [-0.39, 0.29) is 24.3 Å². The molecule has 0 saturated carbocycles. The zero-order valence-corrected chi connectivity index (χ0v) is 17.7. The number of fused-ring (bicyclic) bond motifs is 2. The van der Waals surface area contributed by atoms with Gasteiger partial charge in [-0.2, -0.15) is 0 Å². The van der Waals surface area contributed by atoms with Gasteiger partial charge < -0.3 is 23.8 Å². The molecule has 0 aromatic heterocycles. The molecule has 2 bridgehead atoms. The van der Waals surface area contributed by atoms with Gasteiger partial charge in [0.15, 0.2) is 0 Å². The summed E-state index contributed by atoms with van der Waals surface area (Å²) in [6.45, 7) is 8.82. The van der Waals surface area contributed by atoms with Crippen molar-refractivity contribution in [1.82, 2.24) is 4.90 Å². The van der Waals surface area contributed by atoms with E-state index in [4.69, 9.17) is 18.9 Å². The highest BCUT2D eigenvalue weighted by Gasteiger charge is 2.45. The summed E-state index contributed by atoms with van der Waals surface area (Å²) < 4.78 is 22.7. The minimum absolute atomic E-state index is 0.102. The van der Waals surface area contributed by atoms with Gasteiger partial charge in [0.05, 0.1) is 6.61 Å². The second-order valence-corrected chi connectivity index (χ2v) is 8.81. The first-order valence-corrected chi connectivity index (χ1v) is 10.2. The van der Waals surface area contributed by atoms with Crippen LogP contribution in [0.4, 0.5) is 4.79 Å². The summed E-state index contributed by atoms with van der Waals surface area (Å²) in [6, 6.07) is 6.36. The number of carbonyl (C=O) groups is 1. The summed E-state index contributed by atoms with van der Waals surface area (Å²) in [5, 5.41) is 0. The smallest absolute Gasteiger partial charge is 0.410 e. The fraction of sp³-hybridized carbons (Fsp3) is 0.682. The van der Waals surface area contributed by atoms with Crippen LogP contribution in [-0.4, -0.2) is 55.1 Å². The van der Waals surface area contributed by atoms with Crippen molar-refractivity contribution in [1.29, 1.82) is 0 Å². The SMILES string of the molecule is COCCOc1cc(C)cc(O[C@H]2C[C@H]3CC[C@@H](C2)N3C(=O)OC(C)(C)C)c1. The highest BCUT2D eigenvalue weighted by atomic mass is 16.6. The molecule has 2 fully saturated rings. The molecule has 3 rings (SSSR count). The number of hydrogen-bond donors (Lipinski definition) is 0. The topological polar surface area (TPSA) is 57.2 Å². The molecule has 0 N–H and O–H groups in total. The maximum absolute atomic E-state index is 12.6. The first-order valence-electron chi connectivity index (χ1n) is 10.2. The number of ether oxygens (including phenoxy) is 4. The van der Waals surface area contributed by atoms with E-state index in [0.717, 1.165) is 42.7 Å². The molecule has 28 heavy (non-hydrogen) atoms. The van der Waals surface area contributed by atoms with Gasteiger partial charge in [0, 0.05) is 38.1 Å². The number of hydrogen-bond acceptors (Lipinski definition) is 5. The van der Waals surface area contributed by atoms with E-state index in [1.54, 1.807) is 7.11 Å². The molecule has 0 aliphatic carbocycles. The summed E-state index contributed by atoms with van der Waals surface area (Å²) in [5.74, 6) is 1.61. The molecule has 0 unspecified atom stereocenters. The van der Waals surface area contributed by atoms with Gasteiger partial charge in [0.1, 0.15) is 29.8 Å². The third-order valence-electron chi connectivity index (χ3n) is 5.18. The van der Waals surface area contributed by atoms with Crippen molar-refractivity contribution in [3.63, 3.8) is 0 Å². The number of methoxy groups -OCH3 is 1. The zero-order valence-electron chi connectivity index (χ0n) is 17.7. The zero-order chi connectivity index (χ0) is 20.3. The molecule has 2 aliphatic rings. The van der Waals surface area contributed by atoms with Crippen molar-refractivity contribution >= 4 is 6.09 Å². The van der Waals surface area contributed by atoms with Crippen molar-refractivity contribution < 1.29 is 23.7 Å². The van der Waals surface area contributed by atoms with Crippen LogP contribution in [0.1, 0.15) is 52.0 Å². The van der Waals surface area contributed by atoms with Crippen molar-refractivity contribution in [3.8, 4) is 11.5 Å². The van der Waals surface area contributed by atoms with Crippen LogP contribution in [0, 0.1) is 6.92 Å². The summed E-state index contributed by atoms with van der Waals surface area (Å²) in [4.78, 5) is 14.5. The highest BCUT2D eigenvalue weighted by Crippen LogP contribution is 2.38. The van der Waals surface area contributed by atoms with E-state index in [2.05, 4.69) is 0 Å². The lowest BCUT2D eigenvalue weighted by atomic mass is 10.00. The molecular weight excluding hydrogens is 358 g/mol. The Bertz CT molecular complexity index is 670. The number of benzene rings is 1. The Morgan fingerprint density at radius 1 is 1.07 bits per heavy atom. The summed E-state index contributed by atoms with van der Waals surface area (Å²) >= 11 is 0. The van der Waals surface area contributed by atoms with Crippen LogP contribution in [0.2, 0.25) is 0 Å². The van der Waals surface area contributed by atoms with Gasteiger partial charge in [0.2, 0.25) is 0 Å². The van der Waals surface area contributed by atoms with Gasteiger partial charge in [-0.25, -0.2) is 4.79 Å². The predicted octanol–water partition coefficient (Wildman–Crippen LogP) is 4.33. The Hall–Kier alpha value is -1.95. The van der Waals surface area contributed by atoms with Crippen LogP contribution < -0.4 is 9.47 Å². The quantitative estimate of drug-likeness (QED) is 0.676. The van der Waals surface area contributed by atoms with Gasteiger partial charge >= 0.3 is 6.09 Å². The second-order valence-electron chi connectivity index (χ2n) is 8.81. The first kappa shape index (κ1) is 20.8. The van der Waals surface area contributed by atoms with Crippen LogP contribution in [0.15, 0.2) is 18.2 Å². The summed E-state index contributed by atoms with van der Waals surface area (Å²) in [6.07, 6.45) is 3.62. The Kier molecular flexibility index (Phi) is 6.38. The van der Waals surface area contributed by atoms with Gasteiger partial charge in [-0.1, -0.05) is 0 Å². The average Bonchev–Trinajstić information content (AvgIpc) is 2.85. The molecule has 6 nitrogen and oxygen atoms in total. The molecular formula is C22H33NO5. The lowest BCUT2D eigenvalue weighted by molar-refractivity contribution is -0.00709. The average molecular weight is 392 g/mol. The number of rotatable bonds is 6. The Morgan fingerprint density at radius 3 is 2.32 bits per heavy atom. The number of carbonyl (C=O) groups excluding carboxylic acids is 1. The minimum atomic E-state index is -0.468. The molecule has 1 aromatic carbocycles. The summed E-state index contributed by atoms with van der Waals surface area (Å²) in [7, 11) is 1.66. The third-order valence-corrected chi connectivity index (χ3v) is 5.18. The van der Waals surface area contributed by atoms with E-state index in [1.165, 1.54) is 0 Å². The fourth-order valence-corrected chi connectivity index (χ4v) is 4.14. The molecule has 6 heteroatoms. The van der Waals surface area contributed by atoms with Gasteiger partial charge in [0.25, 0.3) is 0 Å². The van der Waals surface area contributed by atoms with Gasteiger partial charge in [-0.05, 0) is 58.2 Å². The van der Waals surface area contributed by atoms with E-state index in [1.807, 2.05) is 50.8 Å². The van der Waals surface area contributed by atoms with Crippen molar-refractivity contribution in [2.45, 2.75) is 77.2 Å². The van der Waals surface area contributed by atoms with E-state index < -0.39 is 5.60 Å². The van der Waals surface area contributed by atoms with E-state index in [9.17, 15) is 4.79 Å². The normalized spacial score (nSPS) is 24.2. The van der Waals surface area contributed by atoms with Crippen molar-refractivity contribution in [2.24, 2.45) is 0 Å². The molecule has 0 radical (unpaired) electrons. The van der Waals surface area contributed by atoms with Crippen LogP contribution in [0.5, 0.6) is 11.5 Å². The molecule has 1 amide bonds. The van der Waals surface area contributed by atoms with Crippen LogP contribution in [0.3, 0.4) is 0 Å².